The maximum atomic E-state index is 12.7. The Morgan fingerprint density at radius 3 is 2.62 bits per heavy atom. The third kappa shape index (κ3) is 3.82. The molecule has 8 heteroatoms. The van der Waals surface area contributed by atoms with Crippen LogP contribution in [0.2, 0.25) is 0 Å². The highest BCUT2D eigenvalue weighted by molar-refractivity contribution is 7.89. The van der Waals surface area contributed by atoms with E-state index in [-0.39, 0.29) is 10.8 Å². The Bertz CT molecular complexity index is 925. The summed E-state index contributed by atoms with van der Waals surface area (Å²) in [6.07, 6.45) is 5.47. The predicted molar refractivity (Wildman–Crippen MR) is 103 cm³/mol. The van der Waals surface area contributed by atoms with Gasteiger partial charge in [0, 0.05) is 10.4 Å². The van der Waals surface area contributed by atoms with Gasteiger partial charge in [0.2, 0.25) is 10.0 Å². The van der Waals surface area contributed by atoms with Crippen molar-refractivity contribution in [3.05, 3.63) is 39.4 Å². The Hall–Kier alpha value is -1.77. The molecule has 140 valence electrons. The van der Waals surface area contributed by atoms with Gasteiger partial charge in [0.1, 0.15) is 0 Å². The van der Waals surface area contributed by atoms with Crippen molar-refractivity contribution >= 4 is 32.4 Å². The predicted octanol–water partition coefficient (Wildman–Crippen LogP) is 3.19. The molecule has 0 saturated heterocycles. The number of rotatable bonds is 4. The highest BCUT2D eigenvalue weighted by Gasteiger charge is 2.21. The Kier molecular flexibility index (Phi) is 5.45. The molecule has 0 saturated carbocycles. The molecule has 1 heterocycles. The van der Waals surface area contributed by atoms with Crippen LogP contribution in [-0.2, 0) is 22.9 Å². The number of nitrogens with one attached hydrogen (secondary N) is 2. The van der Waals surface area contributed by atoms with Crippen LogP contribution in [0.5, 0.6) is 0 Å². The fourth-order valence-corrected chi connectivity index (χ4v) is 5.21. The standard InChI is InChI=1S/C18H23N3O3S2/c1-11-9-13(10-16(12(11)2)26(23,24)19-3)17(22)21-18-20-14-7-5-4-6-8-15(14)25-18/h9-10,19H,4-8H2,1-3H3,(H,20,21,22). The molecule has 1 amide bonds. The number of anilines is 1. The third-order valence-corrected chi connectivity index (χ3v) is 7.37. The van der Waals surface area contributed by atoms with Gasteiger partial charge in [0.15, 0.2) is 5.13 Å². The number of hydrogen-bond donors (Lipinski definition) is 2. The van der Waals surface area contributed by atoms with Crippen molar-refractivity contribution in [2.45, 2.75) is 50.8 Å². The van der Waals surface area contributed by atoms with Crippen LogP contribution in [0.1, 0.15) is 51.3 Å². The number of nitrogens with zero attached hydrogens (tertiary/aromatic N) is 1. The molecule has 3 rings (SSSR count). The van der Waals surface area contributed by atoms with Crippen molar-refractivity contribution in [2.75, 3.05) is 12.4 Å². The number of amides is 1. The second kappa shape index (κ2) is 7.46. The number of carbonyl (C=O) groups excluding carboxylic acids is 1. The molecule has 0 bridgehead atoms. The van der Waals surface area contributed by atoms with Crippen LogP contribution in [0.25, 0.3) is 0 Å². The summed E-state index contributed by atoms with van der Waals surface area (Å²) in [5, 5.41) is 3.41. The number of aryl methyl sites for hydroxylation is 3. The number of sulfonamides is 1. The summed E-state index contributed by atoms with van der Waals surface area (Å²) in [5.41, 5.74) is 2.78. The monoisotopic (exact) mass is 393 g/mol. The molecule has 0 spiro atoms. The average molecular weight is 394 g/mol. The van der Waals surface area contributed by atoms with Gasteiger partial charge in [-0.3, -0.25) is 10.1 Å². The van der Waals surface area contributed by atoms with Crippen LogP contribution in [0.15, 0.2) is 17.0 Å². The van der Waals surface area contributed by atoms with E-state index in [0.717, 1.165) is 36.9 Å². The lowest BCUT2D eigenvalue weighted by atomic mass is 10.1. The molecule has 2 aromatic rings. The normalized spacial score (nSPS) is 14.6. The smallest absolute Gasteiger partial charge is 0.257 e. The fraction of sp³-hybridized carbons (Fsp3) is 0.444. The molecule has 0 unspecified atom stereocenters. The summed E-state index contributed by atoms with van der Waals surface area (Å²) < 4.78 is 26.7. The summed E-state index contributed by atoms with van der Waals surface area (Å²) in [6.45, 7) is 3.53. The van der Waals surface area contributed by atoms with E-state index in [1.807, 2.05) is 0 Å². The van der Waals surface area contributed by atoms with Crippen LogP contribution in [0.3, 0.4) is 0 Å². The lowest BCUT2D eigenvalue weighted by Crippen LogP contribution is -2.21. The molecule has 0 aliphatic heterocycles. The molecule has 26 heavy (non-hydrogen) atoms. The number of hydrogen-bond acceptors (Lipinski definition) is 5. The molecule has 1 aliphatic rings. The average Bonchev–Trinajstić information content (AvgIpc) is 2.85. The van der Waals surface area contributed by atoms with Crippen molar-refractivity contribution in [1.82, 2.24) is 9.71 Å². The Balaban J connectivity index is 1.89. The highest BCUT2D eigenvalue weighted by atomic mass is 32.2. The minimum Gasteiger partial charge on any atom is -0.298 e. The highest BCUT2D eigenvalue weighted by Crippen LogP contribution is 2.29. The first kappa shape index (κ1) is 19.0. The Morgan fingerprint density at radius 2 is 1.88 bits per heavy atom. The second-order valence-corrected chi connectivity index (χ2v) is 9.47. The minimum atomic E-state index is -3.63. The summed E-state index contributed by atoms with van der Waals surface area (Å²) in [7, 11) is -2.27. The number of fused-ring (bicyclic) bond motifs is 1. The van der Waals surface area contributed by atoms with Gasteiger partial charge in [-0.05, 0) is 69.8 Å². The maximum Gasteiger partial charge on any atom is 0.257 e. The molecule has 0 fully saturated rings. The van der Waals surface area contributed by atoms with E-state index in [4.69, 9.17) is 0 Å². The molecule has 2 N–H and O–H groups in total. The van der Waals surface area contributed by atoms with E-state index < -0.39 is 10.0 Å². The first-order chi connectivity index (χ1) is 12.3. The van der Waals surface area contributed by atoms with Crippen LogP contribution in [0.4, 0.5) is 5.13 Å². The molecule has 6 nitrogen and oxygen atoms in total. The summed E-state index contributed by atoms with van der Waals surface area (Å²) in [4.78, 5) is 18.6. The van der Waals surface area contributed by atoms with Crippen molar-refractivity contribution < 1.29 is 13.2 Å². The molecular weight excluding hydrogens is 370 g/mol. The van der Waals surface area contributed by atoms with Gasteiger partial charge in [0.05, 0.1) is 10.6 Å². The van der Waals surface area contributed by atoms with Crippen LogP contribution < -0.4 is 10.0 Å². The van der Waals surface area contributed by atoms with Crippen molar-refractivity contribution in [3.63, 3.8) is 0 Å². The molecule has 1 aromatic carbocycles. The zero-order valence-electron chi connectivity index (χ0n) is 15.2. The Morgan fingerprint density at radius 1 is 1.15 bits per heavy atom. The minimum absolute atomic E-state index is 0.125. The third-order valence-electron chi connectivity index (χ3n) is 4.76. The van der Waals surface area contributed by atoms with Crippen LogP contribution in [-0.4, -0.2) is 26.4 Å². The largest absolute Gasteiger partial charge is 0.298 e. The van der Waals surface area contributed by atoms with Crippen LogP contribution >= 0.6 is 11.3 Å². The van der Waals surface area contributed by atoms with E-state index in [0.29, 0.717) is 16.3 Å². The SMILES string of the molecule is CNS(=O)(=O)c1cc(C(=O)Nc2nc3c(s2)CCCCC3)cc(C)c1C. The summed E-state index contributed by atoms with van der Waals surface area (Å²) in [6, 6.07) is 3.12. The van der Waals surface area contributed by atoms with Gasteiger partial charge >= 0.3 is 0 Å². The van der Waals surface area contributed by atoms with Gasteiger partial charge in [-0.25, -0.2) is 18.1 Å². The number of benzene rings is 1. The van der Waals surface area contributed by atoms with E-state index in [1.54, 1.807) is 19.9 Å². The quantitative estimate of drug-likeness (QED) is 0.781. The van der Waals surface area contributed by atoms with Crippen molar-refractivity contribution in [2.24, 2.45) is 0 Å². The van der Waals surface area contributed by atoms with E-state index in [1.165, 1.54) is 35.7 Å². The summed E-state index contributed by atoms with van der Waals surface area (Å²) >= 11 is 1.52. The molecular formula is C18H23N3O3S2. The fourth-order valence-electron chi connectivity index (χ4n) is 3.10. The van der Waals surface area contributed by atoms with E-state index >= 15 is 0 Å². The second-order valence-electron chi connectivity index (χ2n) is 6.53. The van der Waals surface area contributed by atoms with Crippen molar-refractivity contribution in [1.29, 1.82) is 0 Å². The number of thiazole rings is 1. The molecule has 1 aliphatic carbocycles. The first-order valence-electron chi connectivity index (χ1n) is 8.66. The zero-order chi connectivity index (χ0) is 18.9. The van der Waals surface area contributed by atoms with E-state index in [2.05, 4.69) is 15.0 Å². The number of carbonyl (C=O) groups is 1. The van der Waals surface area contributed by atoms with Crippen molar-refractivity contribution in [3.8, 4) is 0 Å². The Labute approximate surface area is 158 Å². The van der Waals surface area contributed by atoms with Gasteiger partial charge in [-0.2, -0.15) is 0 Å². The number of aromatic nitrogens is 1. The molecule has 0 atom stereocenters. The van der Waals surface area contributed by atoms with E-state index in [9.17, 15) is 13.2 Å². The van der Waals surface area contributed by atoms with Crippen LogP contribution in [0, 0.1) is 13.8 Å². The summed E-state index contributed by atoms with van der Waals surface area (Å²) in [5.74, 6) is -0.343. The zero-order valence-corrected chi connectivity index (χ0v) is 16.8. The maximum absolute atomic E-state index is 12.7. The topological polar surface area (TPSA) is 88.2 Å². The van der Waals surface area contributed by atoms with Gasteiger partial charge < -0.3 is 0 Å². The lowest BCUT2D eigenvalue weighted by molar-refractivity contribution is 0.102. The lowest BCUT2D eigenvalue weighted by Gasteiger charge is -2.12. The van der Waals surface area contributed by atoms with Gasteiger partial charge in [0.25, 0.3) is 5.91 Å². The van der Waals surface area contributed by atoms with Gasteiger partial charge in [-0.15, -0.1) is 11.3 Å². The first-order valence-corrected chi connectivity index (χ1v) is 11.0. The molecule has 0 radical (unpaired) electrons. The molecule has 1 aromatic heterocycles. The van der Waals surface area contributed by atoms with Gasteiger partial charge in [-0.1, -0.05) is 6.42 Å².